The Labute approximate surface area is 124 Å². The predicted octanol–water partition coefficient (Wildman–Crippen LogP) is 4.69. The summed E-state index contributed by atoms with van der Waals surface area (Å²) in [5.41, 5.74) is 1.08. The number of rotatable bonds is 6. The molecule has 1 fully saturated rings. The lowest BCUT2D eigenvalue weighted by atomic mass is 9.92. The first kappa shape index (κ1) is 15.0. The SMILES string of the molecule is CCNC(CCc1cccc(F)c1Br)C1CCCC1. The summed E-state index contributed by atoms with van der Waals surface area (Å²) < 4.78 is 14.1. The van der Waals surface area contributed by atoms with E-state index >= 15 is 0 Å². The molecule has 19 heavy (non-hydrogen) atoms. The molecular weight excluding hydrogens is 305 g/mol. The first-order valence-corrected chi connectivity index (χ1v) is 8.18. The quantitative estimate of drug-likeness (QED) is 0.799. The normalized spacial score (nSPS) is 17.8. The molecule has 1 saturated carbocycles. The molecule has 2 rings (SSSR count). The van der Waals surface area contributed by atoms with Crippen LogP contribution in [0.25, 0.3) is 0 Å². The summed E-state index contributed by atoms with van der Waals surface area (Å²) in [5.74, 6) is 0.658. The van der Waals surface area contributed by atoms with E-state index in [9.17, 15) is 4.39 Å². The van der Waals surface area contributed by atoms with Crippen molar-refractivity contribution in [2.75, 3.05) is 6.54 Å². The average molecular weight is 328 g/mol. The molecule has 1 aliphatic carbocycles. The molecule has 1 N–H and O–H groups in total. The fraction of sp³-hybridized carbons (Fsp3) is 0.625. The predicted molar refractivity (Wildman–Crippen MR) is 81.8 cm³/mol. The molecule has 0 aromatic heterocycles. The van der Waals surface area contributed by atoms with Gasteiger partial charge in [0, 0.05) is 6.04 Å². The minimum absolute atomic E-state index is 0.154. The third kappa shape index (κ3) is 4.03. The molecule has 106 valence electrons. The lowest BCUT2D eigenvalue weighted by Gasteiger charge is -2.24. The van der Waals surface area contributed by atoms with Crippen molar-refractivity contribution in [3.8, 4) is 0 Å². The molecule has 0 aliphatic heterocycles. The van der Waals surface area contributed by atoms with Gasteiger partial charge in [0.05, 0.1) is 4.47 Å². The first-order chi connectivity index (χ1) is 9.22. The molecule has 1 nitrogen and oxygen atoms in total. The summed E-state index contributed by atoms with van der Waals surface area (Å²) in [7, 11) is 0. The van der Waals surface area contributed by atoms with Gasteiger partial charge in [0.1, 0.15) is 5.82 Å². The van der Waals surface area contributed by atoms with Crippen LogP contribution in [0.4, 0.5) is 4.39 Å². The molecule has 0 spiro atoms. The lowest BCUT2D eigenvalue weighted by molar-refractivity contribution is 0.346. The van der Waals surface area contributed by atoms with Crippen molar-refractivity contribution in [2.24, 2.45) is 5.92 Å². The Kier molecular flexibility index (Phi) is 5.83. The van der Waals surface area contributed by atoms with Gasteiger partial charge in [-0.05, 0) is 65.7 Å². The van der Waals surface area contributed by atoms with Crippen LogP contribution in [0.1, 0.15) is 44.6 Å². The second-order valence-electron chi connectivity index (χ2n) is 5.46. The minimum Gasteiger partial charge on any atom is -0.314 e. The lowest BCUT2D eigenvalue weighted by Crippen LogP contribution is -2.35. The van der Waals surface area contributed by atoms with E-state index < -0.39 is 0 Å². The number of benzene rings is 1. The van der Waals surface area contributed by atoms with Crippen LogP contribution in [0.5, 0.6) is 0 Å². The zero-order valence-electron chi connectivity index (χ0n) is 11.6. The summed E-state index contributed by atoms with van der Waals surface area (Å²) in [6, 6.07) is 5.91. The van der Waals surface area contributed by atoms with E-state index in [-0.39, 0.29) is 5.82 Å². The largest absolute Gasteiger partial charge is 0.314 e. The average Bonchev–Trinajstić information content (AvgIpc) is 2.93. The van der Waals surface area contributed by atoms with Crippen molar-refractivity contribution in [1.29, 1.82) is 0 Å². The number of nitrogens with one attached hydrogen (secondary N) is 1. The summed E-state index contributed by atoms with van der Waals surface area (Å²) in [6.45, 7) is 3.19. The Morgan fingerprint density at radius 3 is 2.79 bits per heavy atom. The van der Waals surface area contributed by atoms with Crippen LogP contribution in [0, 0.1) is 11.7 Å². The van der Waals surface area contributed by atoms with E-state index in [2.05, 4.69) is 28.2 Å². The summed E-state index contributed by atoms with van der Waals surface area (Å²) in [6.07, 6.45) is 7.48. The molecule has 0 radical (unpaired) electrons. The van der Waals surface area contributed by atoms with Gasteiger partial charge in [0.2, 0.25) is 0 Å². The van der Waals surface area contributed by atoms with Crippen molar-refractivity contribution in [3.63, 3.8) is 0 Å². The smallest absolute Gasteiger partial charge is 0.137 e. The van der Waals surface area contributed by atoms with Gasteiger partial charge in [-0.2, -0.15) is 0 Å². The van der Waals surface area contributed by atoms with Crippen molar-refractivity contribution < 1.29 is 4.39 Å². The zero-order valence-corrected chi connectivity index (χ0v) is 13.2. The van der Waals surface area contributed by atoms with Crippen LogP contribution >= 0.6 is 15.9 Å². The van der Waals surface area contributed by atoms with Gasteiger partial charge >= 0.3 is 0 Å². The third-order valence-electron chi connectivity index (χ3n) is 4.19. The van der Waals surface area contributed by atoms with Gasteiger partial charge in [-0.25, -0.2) is 4.39 Å². The second kappa shape index (κ2) is 7.39. The van der Waals surface area contributed by atoms with E-state index in [1.165, 1.54) is 31.7 Å². The van der Waals surface area contributed by atoms with Crippen molar-refractivity contribution >= 4 is 15.9 Å². The number of halogens is 2. The molecule has 1 aromatic rings. The topological polar surface area (TPSA) is 12.0 Å². The van der Waals surface area contributed by atoms with Crippen LogP contribution in [-0.2, 0) is 6.42 Å². The molecule has 0 bridgehead atoms. The van der Waals surface area contributed by atoms with E-state index in [1.807, 2.05) is 6.07 Å². The van der Waals surface area contributed by atoms with Gasteiger partial charge in [-0.15, -0.1) is 0 Å². The highest BCUT2D eigenvalue weighted by Crippen LogP contribution is 2.30. The van der Waals surface area contributed by atoms with Gasteiger partial charge in [-0.1, -0.05) is 31.9 Å². The minimum atomic E-state index is -0.154. The molecule has 1 aromatic carbocycles. The van der Waals surface area contributed by atoms with E-state index in [0.717, 1.165) is 30.9 Å². The van der Waals surface area contributed by atoms with Gasteiger partial charge in [-0.3, -0.25) is 0 Å². The standard InChI is InChI=1S/C16H23BrFN/c1-2-19-15(12-6-3-4-7-12)11-10-13-8-5-9-14(18)16(13)17/h5,8-9,12,15,19H,2-4,6-7,10-11H2,1H3. The summed E-state index contributed by atoms with van der Waals surface area (Å²) in [5, 5.41) is 3.62. The summed E-state index contributed by atoms with van der Waals surface area (Å²) >= 11 is 3.36. The number of aryl methyl sites for hydroxylation is 1. The molecule has 1 aliphatic rings. The Morgan fingerprint density at radius 1 is 1.37 bits per heavy atom. The Morgan fingerprint density at radius 2 is 2.11 bits per heavy atom. The Hall–Kier alpha value is -0.410. The highest BCUT2D eigenvalue weighted by atomic mass is 79.9. The van der Waals surface area contributed by atoms with Crippen molar-refractivity contribution in [1.82, 2.24) is 5.32 Å². The molecule has 1 unspecified atom stereocenters. The Bertz CT molecular complexity index is 402. The number of hydrogen-bond donors (Lipinski definition) is 1. The van der Waals surface area contributed by atoms with Crippen LogP contribution in [0.2, 0.25) is 0 Å². The van der Waals surface area contributed by atoms with Crippen LogP contribution in [0.3, 0.4) is 0 Å². The maximum Gasteiger partial charge on any atom is 0.137 e. The molecule has 3 heteroatoms. The fourth-order valence-corrected chi connectivity index (χ4v) is 3.64. The molecular formula is C16H23BrFN. The van der Waals surface area contributed by atoms with Crippen LogP contribution < -0.4 is 5.32 Å². The molecule has 0 amide bonds. The Balaban J connectivity index is 1.96. The summed E-state index contributed by atoms with van der Waals surface area (Å²) in [4.78, 5) is 0. The zero-order chi connectivity index (χ0) is 13.7. The van der Waals surface area contributed by atoms with Gasteiger partial charge in [0.25, 0.3) is 0 Å². The second-order valence-corrected chi connectivity index (χ2v) is 6.25. The van der Waals surface area contributed by atoms with Crippen LogP contribution in [0.15, 0.2) is 22.7 Å². The molecule has 1 atom stereocenters. The van der Waals surface area contributed by atoms with E-state index in [4.69, 9.17) is 0 Å². The first-order valence-electron chi connectivity index (χ1n) is 7.38. The van der Waals surface area contributed by atoms with Gasteiger partial charge in [0.15, 0.2) is 0 Å². The highest BCUT2D eigenvalue weighted by Gasteiger charge is 2.24. The number of hydrogen-bond acceptors (Lipinski definition) is 1. The van der Waals surface area contributed by atoms with E-state index in [0.29, 0.717) is 10.5 Å². The fourth-order valence-electron chi connectivity index (χ4n) is 3.18. The maximum atomic E-state index is 13.5. The van der Waals surface area contributed by atoms with Crippen molar-refractivity contribution in [2.45, 2.75) is 51.5 Å². The molecule has 0 heterocycles. The third-order valence-corrected chi connectivity index (χ3v) is 5.08. The van der Waals surface area contributed by atoms with Crippen LogP contribution in [-0.4, -0.2) is 12.6 Å². The maximum absolute atomic E-state index is 13.5. The van der Waals surface area contributed by atoms with Gasteiger partial charge < -0.3 is 5.32 Å². The highest BCUT2D eigenvalue weighted by molar-refractivity contribution is 9.10. The molecule has 0 saturated heterocycles. The monoisotopic (exact) mass is 327 g/mol. The van der Waals surface area contributed by atoms with E-state index in [1.54, 1.807) is 6.07 Å². The van der Waals surface area contributed by atoms with Crippen molar-refractivity contribution in [3.05, 3.63) is 34.1 Å².